The lowest BCUT2D eigenvalue weighted by molar-refractivity contribution is 0.350. The summed E-state index contributed by atoms with van der Waals surface area (Å²) in [4.78, 5) is 6.71. The number of hydrogen-bond acceptors (Lipinski definition) is 4. The third-order valence-corrected chi connectivity index (χ3v) is 4.23. The molecule has 25 heavy (non-hydrogen) atoms. The molecule has 5 heteroatoms. The number of para-hydroxylation sites is 1. The van der Waals surface area contributed by atoms with Crippen molar-refractivity contribution >= 4 is 34.9 Å². The maximum Gasteiger partial charge on any atom is 0.0879 e. The molecule has 3 rings (SSSR count). The number of nitrogens with one attached hydrogen (secondary N) is 2. The van der Waals surface area contributed by atoms with E-state index >= 15 is 0 Å². The second kappa shape index (κ2) is 10.2. The molecule has 0 saturated heterocycles. The highest BCUT2D eigenvalue weighted by Gasteiger charge is 2.08. The molecule has 0 atom stereocenters. The first kappa shape index (κ1) is 19.4. The molecule has 134 valence electrons. The fourth-order valence-corrected chi connectivity index (χ4v) is 2.50. The quantitative estimate of drug-likeness (QED) is 0.649. The number of halogens is 1. The van der Waals surface area contributed by atoms with Crippen LogP contribution in [0.2, 0.25) is 5.02 Å². The van der Waals surface area contributed by atoms with E-state index in [9.17, 15) is 0 Å². The summed E-state index contributed by atoms with van der Waals surface area (Å²) in [5, 5.41) is 7.32. The van der Waals surface area contributed by atoms with Gasteiger partial charge in [-0.05, 0) is 44.4 Å². The zero-order valence-electron chi connectivity index (χ0n) is 15.2. The van der Waals surface area contributed by atoms with Crippen LogP contribution in [0.3, 0.4) is 0 Å². The van der Waals surface area contributed by atoms with Crippen molar-refractivity contribution in [3.63, 3.8) is 0 Å². The molecule has 0 spiro atoms. The fourth-order valence-electron chi connectivity index (χ4n) is 2.33. The molecule has 2 aromatic rings. The lowest BCUT2D eigenvalue weighted by Gasteiger charge is -2.12. The van der Waals surface area contributed by atoms with E-state index in [-0.39, 0.29) is 0 Å². The van der Waals surface area contributed by atoms with Crippen LogP contribution in [0.15, 0.2) is 47.5 Å². The molecular weight excluding hydrogens is 332 g/mol. The van der Waals surface area contributed by atoms with Gasteiger partial charge in [-0.2, -0.15) is 0 Å². The molecule has 0 amide bonds. The van der Waals surface area contributed by atoms with Gasteiger partial charge in [-0.25, -0.2) is 0 Å². The van der Waals surface area contributed by atoms with Crippen molar-refractivity contribution in [1.29, 1.82) is 0 Å². The molecule has 2 N–H and O–H groups in total. The van der Waals surface area contributed by atoms with E-state index in [1.165, 1.54) is 0 Å². The normalized spacial score (nSPS) is 11.7. The summed E-state index contributed by atoms with van der Waals surface area (Å²) in [5.41, 5.74) is 3.98. The van der Waals surface area contributed by atoms with Crippen molar-refractivity contribution in [1.82, 2.24) is 10.2 Å². The van der Waals surface area contributed by atoms with Gasteiger partial charge >= 0.3 is 0 Å². The molecule has 4 nitrogen and oxygen atoms in total. The van der Waals surface area contributed by atoms with E-state index in [2.05, 4.69) is 41.4 Å². The number of benzene rings is 2. The van der Waals surface area contributed by atoms with E-state index in [0.29, 0.717) is 5.02 Å². The van der Waals surface area contributed by atoms with Gasteiger partial charge in [-0.1, -0.05) is 43.6 Å². The van der Waals surface area contributed by atoms with Crippen molar-refractivity contribution in [2.24, 2.45) is 4.99 Å². The Kier molecular flexibility index (Phi) is 7.92. The molecule has 1 aliphatic heterocycles. The second-order valence-electron chi connectivity index (χ2n) is 5.88. The van der Waals surface area contributed by atoms with Gasteiger partial charge in [-0.15, -0.1) is 0 Å². The molecule has 0 radical (unpaired) electrons. The van der Waals surface area contributed by atoms with Crippen molar-refractivity contribution in [2.45, 2.75) is 13.8 Å². The number of fused-ring (bicyclic) bond motifs is 2. The minimum absolute atomic E-state index is 0.698. The number of aliphatic imine (C=N–C) groups is 1. The smallest absolute Gasteiger partial charge is 0.0879 e. The van der Waals surface area contributed by atoms with E-state index in [1.54, 1.807) is 0 Å². The maximum absolute atomic E-state index is 5.94. The lowest BCUT2D eigenvalue weighted by Crippen LogP contribution is -2.28. The van der Waals surface area contributed by atoms with E-state index in [1.807, 2.05) is 48.7 Å². The number of nitrogens with zero attached hydrogens (tertiary/aromatic N) is 2. The van der Waals surface area contributed by atoms with Crippen LogP contribution >= 0.6 is 11.6 Å². The Bertz CT molecular complexity index is 700. The van der Waals surface area contributed by atoms with Gasteiger partial charge in [-0.3, -0.25) is 4.99 Å². The summed E-state index contributed by atoms with van der Waals surface area (Å²) < 4.78 is 0. The summed E-state index contributed by atoms with van der Waals surface area (Å²) >= 11 is 5.94. The summed E-state index contributed by atoms with van der Waals surface area (Å²) in [6.07, 6.45) is 1.85. The molecule has 0 fully saturated rings. The third-order valence-electron chi connectivity index (χ3n) is 3.99. The minimum Gasteiger partial charge on any atom is -0.353 e. The van der Waals surface area contributed by atoms with Gasteiger partial charge in [0.05, 0.1) is 11.4 Å². The SMILES string of the molecule is CCNCCN(C)CC.Clc1ccc2c(c1)N=Cc1ccccc1N2. The Morgan fingerprint density at radius 3 is 2.68 bits per heavy atom. The van der Waals surface area contributed by atoms with Crippen LogP contribution in [-0.4, -0.2) is 44.3 Å². The largest absolute Gasteiger partial charge is 0.353 e. The average molecular weight is 359 g/mol. The van der Waals surface area contributed by atoms with Crippen LogP contribution in [-0.2, 0) is 0 Å². The number of rotatable bonds is 5. The third kappa shape index (κ3) is 6.16. The molecule has 0 unspecified atom stereocenters. The highest BCUT2D eigenvalue weighted by molar-refractivity contribution is 6.31. The average Bonchev–Trinajstić information content (AvgIpc) is 2.81. The second-order valence-corrected chi connectivity index (χ2v) is 6.32. The molecule has 2 aromatic carbocycles. The predicted octanol–water partition coefficient (Wildman–Crippen LogP) is 4.70. The molecule has 0 aromatic heterocycles. The Hall–Kier alpha value is -1.88. The molecule has 1 aliphatic rings. The zero-order valence-corrected chi connectivity index (χ0v) is 16.0. The predicted molar refractivity (Wildman–Crippen MR) is 110 cm³/mol. The summed E-state index contributed by atoms with van der Waals surface area (Å²) in [5.74, 6) is 0. The van der Waals surface area contributed by atoms with Crippen molar-refractivity contribution in [3.05, 3.63) is 53.1 Å². The van der Waals surface area contributed by atoms with Crippen LogP contribution in [0.25, 0.3) is 0 Å². The number of hydrogen-bond donors (Lipinski definition) is 2. The Morgan fingerprint density at radius 1 is 1.12 bits per heavy atom. The van der Waals surface area contributed by atoms with Crippen LogP contribution < -0.4 is 10.6 Å². The molecule has 0 bridgehead atoms. The van der Waals surface area contributed by atoms with Gasteiger partial charge in [0.2, 0.25) is 0 Å². The first-order chi connectivity index (χ1) is 12.1. The van der Waals surface area contributed by atoms with Crippen molar-refractivity contribution in [2.75, 3.05) is 38.5 Å². The topological polar surface area (TPSA) is 39.7 Å². The van der Waals surface area contributed by atoms with E-state index in [4.69, 9.17) is 11.6 Å². The molecule has 0 aliphatic carbocycles. The Labute approximate surface area is 155 Å². The molecule has 1 heterocycles. The van der Waals surface area contributed by atoms with Gasteiger partial charge in [0.15, 0.2) is 0 Å². The molecule has 0 saturated carbocycles. The minimum atomic E-state index is 0.698. The Morgan fingerprint density at radius 2 is 1.92 bits per heavy atom. The fraction of sp³-hybridized carbons (Fsp3) is 0.350. The van der Waals surface area contributed by atoms with E-state index in [0.717, 1.165) is 48.8 Å². The number of likely N-dealkylation sites (N-methyl/N-ethyl adjacent to an activating group) is 2. The standard InChI is InChI=1S/C13H9ClN2.C7H18N2/c14-10-5-6-12-13(7-10)15-8-9-3-1-2-4-11(9)16-12;1-4-8-6-7-9(3)5-2/h1-8,16H;8H,4-7H2,1-3H3. The van der Waals surface area contributed by atoms with Crippen LogP contribution in [0, 0.1) is 0 Å². The first-order valence-electron chi connectivity index (χ1n) is 8.73. The van der Waals surface area contributed by atoms with Crippen molar-refractivity contribution in [3.8, 4) is 0 Å². The monoisotopic (exact) mass is 358 g/mol. The van der Waals surface area contributed by atoms with E-state index < -0.39 is 0 Å². The van der Waals surface area contributed by atoms with Crippen LogP contribution in [0.4, 0.5) is 17.1 Å². The highest BCUT2D eigenvalue weighted by Crippen LogP contribution is 2.33. The lowest BCUT2D eigenvalue weighted by atomic mass is 10.2. The number of anilines is 2. The zero-order chi connectivity index (χ0) is 18.1. The van der Waals surface area contributed by atoms with Crippen molar-refractivity contribution < 1.29 is 0 Å². The van der Waals surface area contributed by atoms with Gasteiger partial charge in [0, 0.05) is 35.6 Å². The summed E-state index contributed by atoms with van der Waals surface area (Å²) in [7, 11) is 2.14. The van der Waals surface area contributed by atoms with Crippen LogP contribution in [0.5, 0.6) is 0 Å². The maximum atomic E-state index is 5.94. The van der Waals surface area contributed by atoms with Crippen LogP contribution in [0.1, 0.15) is 19.4 Å². The van der Waals surface area contributed by atoms with Gasteiger partial charge in [0.1, 0.15) is 0 Å². The summed E-state index contributed by atoms with van der Waals surface area (Å²) in [6, 6.07) is 13.7. The first-order valence-corrected chi connectivity index (χ1v) is 9.10. The van der Waals surface area contributed by atoms with Gasteiger partial charge in [0.25, 0.3) is 0 Å². The summed E-state index contributed by atoms with van der Waals surface area (Å²) in [6.45, 7) is 8.80. The molecular formula is C20H27ClN4. The Balaban J connectivity index is 0.000000217. The highest BCUT2D eigenvalue weighted by atomic mass is 35.5. The van der Waals surface area contributed by atoms with Gasteiger partial charge < -0.3 is 15.5 Å².